The zero-order valence-corrected chi connectivity index (χ0v) is 21.2. The van der Waals surface area contributed by atoms with E-state index in [1.54, 1.807) is 0 Å². The van der Waals surface area contributed by atoms with E-state index in [2.05, 4.69) is 22.3 Å². The molecule has 2 aromatic rings. The molecule has 2 aliphatic rings. The zero-order valence-electron chi connectivity index (χ0n) is 20.4. The van der Waals surface area contributed by atoms with Crippen LogP contribution in [-0.2, 0) is 39.1 Å². The van der Waals surface area contributed by atoms with Crippen LogP contribution in [0.5, 0.6) is 0 Å². The molecule has 0 aromatic heterocycles. The van der Waals surface area contributed by atoms with E-state index in [1.807, 2.05) is 42.5 Å². The van der Waals surface area contributed by atoms with Crippen molar-refractivity contribution in [2.45, 2.75) is 38.8 Å². The number of rotatable bonds is 10. The molecule has 1 N–H and O–H groups in total. The second kappa shape index (κ2) is 12.6. The third-order valence-electron chi connectivity index (χ3n) is 6.83. The Labute approximate surface area is 209 Å². The Hall–Kier alpha value is -2.26. The van der Waals surface area contributed by atoms with Gasteiger partial charge in [-0.1, -0.05) is 54.6 Å². The Morgan fingerprint density at radius 3 is 2.51 bits per heavy atom. The van der Waals surface area contributed by atoms with Gasteiger partial charge in [0.05, 0.1) is 24.9 Å². The van der Waals surface area contributed by atoms with E-state index < -0.39 is 10.0 Å². The molecule has 0 aliphatic carbocycles. The molecule has 0 spiro atoms. The van der Waals surface area contributed by atoms with Gasteiger partial charge in [0, 0.05) is 39.3 Å². The molecular formula is C27H37N3O4S. The quantitative estimate of drug-likeness (QED) is 0.544. The number of amides is 1. The smallest absolute Gasteiger partial charge is 0.224 e. The molecule has 0 radical (unpaired) electrons. The monoisotopic (exact) mass is 499 g/mol. The largest absolute Gasteiger partial charge is 0.379 e. The third kappa shape index (κ3) is 7.87. The first-order chi connectivity index (χ1) is 17.0. The van der Waals surface area contributed by atoms with Crippen LogP contribution in [0.15, 0.2) is 54.6 Å². The van der Waals surface area contributed by atoms with E-state index in [0.717, 1.165) is 56.8 Å². The first-order valence-corrected chi connectivity index (χ1v) is 14.3. The second-order valence-electron chi connectivity index (χ2n) is 9.53. The highest BCUT2D eigenvalue weighted by Gasteiger charge is 2.32. The van der Waals surface area contributed by atoms with Gasteiger partial charge >= 0.3 is 0 Å². The predicted molar refractivity (Wildman–Crippen MR) is 137 cm³/mol. The summed E-state index contributed by atoms with van der Waals surface area (Å²) in [5.41, 5.74) is 3.43. The fraction of sp³-hybridized carbons (Fsp3) is 0.519. The van der Waals surface area contributed by atoms with Crippen molar-refractivity contribution in [2.75, 3.05) is 45.1 Å². The number of nitrogens with one attached hydrogen (secondary N) is 1. The molecule has 8 heteroatoms. The standard InChI is InChI=1S/C27H37N3O4S/c31-27(28-20-24-9-4-10-25(19-24)21-29-14-16-34-17-15-29)26-12-5-13-30(22-26)35(32,33)18-6-11-23-7-2-1-3-8-23/h1-4,7-10,19,26H,5-6,11-18,20-22H2,(H,28,31). The second-order valence-corrected chi connectivity index (χ2v) is 11.6. The lowest BCUT2D eigenvalue weighted by atomic mass is 9.98. The molecular weight excluding hydrogens is 462 g/mol. The van der Waals surface area contributed by atoms with E-state index in [9.17, 15) is 13.2 Å². The van der Waals surface area contributed by atoms with Crippen molar-refractivity contribution in [1.82, 2.24) is 14.5 Å². The number of carbonyl (C=O) groups excluding carboxylic acids is 1. The summed E-state index contributed by atoms with van der Waals surface area (Å²) in [4.78, 5) is 15.3. The maximum atomic E-state index is 12.9. The summed E-state index contributed by atoms with van der Waals surface area (Å²) in [5, 5.41) is 3.04. The number of morpholine rings is 1. The normalized spacial score (nSPS) is 19.9. The number of nitrogens with zero attached hydrogens (tertiary/aromatic N) is 2. The molecule has 4 rings (SSSR count). The number of sulfonamides is 1. The minimum absolute atomic E-state index is 0.0623. The number of aryl methyl sites for hydroxylation is 1. The molecule has 0 saturated carbocycles. The molecule has 0 bridgehead atoms. The van der Waals surface area contributed by atoms with Crippen LogP contribution in [-0.4, -0.2) is 68.7 Å². The van der Waals surface area contributed by atoms with Gasteiger partial charge in [0.15, 0.2) is 0 Å². The van der Waals surface area contributed by atoms with Crippen LogP contribution in [0, 0.1) is 5.92 Å². The predicted octanol–water partition coefficient (Wildman–Crippen LogP) is 2.81. The van der Waals surface area contributed by atoms with Gasteiger partial charge in [0.2, 0.25) is 15.9 Å². The summed E-state index contributed by atoms with van der Waals surface area (Å²) in [6.45, 7) is 5.54. The maximum Gasteiger partial charge on any atom is 0.224 e. The molecule has 1 atom stereocenters. The van der Waals surface area contributed by atoms with Gasteiger partial charge < -0.3 is 10.1 Å². The van der Waals surface area contributed by atoms with Crippen LogP contribution in [0.4, 0.5) is 0 Å². The van der Waals surface area contributed by atoms with Crippen molar-refractivity contribution >= 4 is 15.9 Å². The first-order valence-electron chi connectivity index (χ1n) is 12.7. The summed E-state index contributed by atoms with van der Waals surface area (Å²) in [6, 6.07) is 18.2. The number of hydrogen-bond acceptors (Lipinski definition) is 5. The molecule has 35 heavy (non-hydrogen) atoms. The highest BCUT2D eigenvalue weighted by atomic mass is 32.2. The number of hydrogen-bond donors (Lipinski definition) is 1. The number of ether oxygens (including phenoxy) is 1. The third-order valence-corrected chi connectivity index (χ3v) is 8.75. The average Bonchev–Trinajstić information content (AvgIpc) is 2.89. The van der Waals surface area contributed by atoms with Crippen LogP contribution in [0.2, 0.25) is 0 Å². The van der Waals surface area contributed by atoms with E-state index in [1.165, 1.54) is 9.87 Å². The van der Waals surface area contributed by atoms with Gasteiger partial charge in [-0.15, -0.1) is 0 Å². The Kier molecular flexibility index (Phi) is 9.31. The summed E-state index contributed by atoms with van der Waals surface area (Å²) in [5.74, 6) is -0.247. The summed E-state index contributed by atoms with van der Waals surface area (Å²) in [7, 11) is -3.37. The van der Waals surface area contributed by atoms with Crippen LogP contribution in [0.1, 0.15) is 36.0 Å². The highest BCUT2D eigenvalue weighted by molar-refractivity contribution is 7.89. The topological polar surface area (TPSA) is 79.0 Å². The molecule has 2 aliphatic heterocycles. The van der Waals surface area contributed by atoms with Crippen molar-refractivity contribution in [1.29, 1.82) is 0 Å². The van der Waals surface area contributed by atoms with Crippen LogP contribution >= 0.6 is 0 Å². The molecule has 1 amide bonds. The zero-order chi connectivity index (χ0) is 24.5. The van der Waals surface area contributed by atoms with Crippen molar-refractivity contribution in [3.8, 4) is 0 Å². The van der Waals surface area contributed by atoms with E-state index in [4.69, 9.17) is 4.74 Å². The van der Waals surface area contributed by atoms with Crippen molar-refractivity contribution in [2.24, 2.45) is 5.92 Å². The fourth-order valence-corrected chi connectivity index (χ4v) is 6.41. The van der Waals surface area contributed by atoms with E-state index >= 15 is 0 Å². The molecule has 2 aromatic carbocycles. The van der Waals surface area contributed by atoms with Crippen LogP contribution < -0.4 is 5.32 Å². The van der Waals surface area contributed by atoms with Gasteiger partial charge in [-0.25, -0.2) is 12.7 Å². The van der Waals surface area contributed by atoms with Gasteiger partial charge in [-0.3, -0.25) is 9.69 Å². The number of carbonyl (C=O) groups is 1. The lowest BCUT2D eigenvalue weighted by Crippen LogP contribution is -2.46. The van der Waals surface area contributed by atoms with Crippen molar-refractivity contribution < 1.29 is 17.9 Å². The molecule has 2 fully saturated rings. The Balaban J connectivity index is 1.24. The lowest BCUT2D eigenvalue weighted by Gasteiger charge is -2.31. The first kappa shape index (κ1) is 25.8. The Bertz CT molecular complexity index is 1060. The highest BCUT2D eigenvalue weighted by Crippen LogP contribution is 2.21. The van der Waals surface area contributed by atoms with E-state index in [-0.39, 0.29) is 24.1 Å². The molecule has 7 nitrogen and oxygen atoms in total. The van der Waals surface area contributed by atoms with E-state index in [0.29, 0.717) is 25.9 Å². The van der Waals surface area contributed by atoms with Gasteiger partial charge in [0.1, 0.15) is 0 Å². The summed E-state index contributed by atoms with van der Waals surface area (Å²) in [6.07, 6.45) is 2.76. The summed E-state index contributed by atoms with van der Waals surface area (Å²) < 4.78 is 32.8. The fourth-order valence-electron chi connectivity index (χ4n) is 4.83. The minimum Gasteiger partial charge on any atom is -0.379 e. The number of piperidine rings is 1. The molecule has 2 heterocycles. The Morgan fingerprint density at radius 1 is 0.971 bits per heavy atom. The van der Waals surface area contributed by atoms with Gasteiger partial charge in [-0.05, 0) is 42.4 Å². The lowest BCUT2D eigenvalue weighted by molar-refractivity contribution is -0.126. The molecule has 2 saturated heterocycles. The minimum atomic E-state index is -3.37. The molecule has 190 valence electrons. The van der Waals surface area contributed by atoms with Crippen LogP contribution in [0.25, 0.3) is 0 Å². The average molecular weight is 500 g/mol. The van der Waals surface area contributed by atoms with Crippen LogP contribution in [0.3, 0.4) is 0 Å². The number of benzene rings is 2. The Morgan fingerprint density at radius 2 is 1.71 bits per heavy atom. The van der Waals surface area contributed by atoms with Gasteiger partial charge in [0.25, 0.3) is 0 Å². The van der Waals surface area contributed by atoms with Gasteiger partial charge in [-0.2, -0.15) is 0 Å². The SMILES string of the molecule is O=C(NCc1cccc(CN2CCOCC2)c1)C1CCCN(S(=O)(=O)CCCc2ccccc2)C1. The molecule has 1 unspecified atom stereocenters. The van der Waals surface area contributed by atoms with Crippen molar-refractivity contribution in [3.05, 3.63) is 71.3 Å². The maximum absolute atomic E-state index is 12.9. The summed E-state index contributed by atoms with van der Waals surface area (Å²) >= 11 is 0. The van der Waals surface area contributed by atoms with Crippen molar-refractivity contribution in [3.63, 3.8) is 0 Å².